The van der Waals surface area contributed by atoms with E-state index in [1.165, 1.54) is 6.20 Å². The van der Waals surface area contributed by atoms with E-state index in [-0.39, 0.29) is 5.56 Å². The third-order valence-corrected chi connectivity index (χ3v) is 2.24. The Morgan fingerprint density at radius 3 is 2.86 bits per heavy atom. The molecule has 0 atom stereocenters. The first kappa shape index (κ1) is 8.74. The van der Waals surface area contributed by atoms with Gasteiger partial charge >= 0.3 is 5.97 Å². The molecule has 0 radical (unpaired) electrons. The lowest BCUT2D eigenvalue weighted by molar-refractivity contribution is 0.0695. The summed E-state index contributed by atoms with van der Waals surface area (Å²) in [6.45, 7) is 3.73. The number of aromatic carboxylic acids is 1. The number of aromatic nitrogens is 2. The molecule has 0 bridgehead atoms. The molecular weight excluding hydrogens is 180 g/mol. The molecule has 14 heavy (non-hydrogen) atoms. The molecule has 2 heterocycles. The first-order valence-electron chi connectivity index (χ1n) is 4.27. The Bertz CT molecular complexity index is 514. The van der Waals surface area contributed by atoms with Gasteiger partial charge in [-0.3, -0.25) is 0 Å². The van der Waals surface area contributed by atoms with Crippen LogP contribution in [0.25, 0.3) is 5.65 Å². The zero-order valence-corrected chi connectivity index (χ0v) is 7.98. The van der Waals surface area contributed by atoms with Crippen molar-refractivity contribution in [3.8, 4) is 0 Å². The Balaban J connectivity index is 2.80. The van der Waals surface area contributed by atoms with Crippen molar-refractivity contribution < 1.29 is 9.90 Å². The summed E-state index contributed by atoms with van der Waals surface area (Å²) in [6.07, 6.45) is 3.27. The predicted octanol–water partition coefficient (Wildman–Crippen LogP) is 1.65. The van der Waals surface area contributed by atoms with E-state index in [9.17, 15) is 4.79 Å². The maximum atomic E-state index is 10.8. The molecule has 0 aromatic carbocycles. The molecular formula is C10H10N2O2. The van der Waals surface area contributed by atoms with Gasteiger partial charge in [0.15, 0.2) is 0 Å². The molecule has 0 saturated heterocycles. The minimum absolute atomic E-state index is 0.244. The van der Waals surface area contributed by atoms with E-state index in [1.54, 1.807) is 11.3 Å². The molecule has 0 aliphatic carbocycles. The summed E-state index contributed by atoms with van der Waals surface area (Å²) in [7, 11) is 0. The highest BCUT2D eigenvalue weighted by Gasteiger charge is 2.10. The quantitative estimate of drug-likeness (QED) is 0.743. The molecule has 0 aliphatic rings. The first-order chi connectivity index (χ1) is 6.59. The van der Waals surface area contributed by atoms with Gasteiger partial charge in [-0.25, -0.2) is 9.78 Å². The molecule has 0 spiro atoms. The number of hydrogen-bond acceptors (Lipinski definition) is 2. The summed E-state index contributed by atoms with van der Waals surface area (Å²) >= 11 is 0. The van der Waals surface area contributed by atoms with E-state index < -0.39 is 5.97 Å². The molecule has 2 aromatic heterocycles. The lowest BCUT2D eigenvalue weighted by atomic mass is 10.2. The topological polar surface area (TPSA) is 54.6 Å². The van der Waals surface area contributed by atoms with E-state index in [0.717, 1.165) is 11.2 Å². The average molecular weight is 190 g/mol. The molecule has 2 aromatic rings. The number of carboxylic acids is 1. The Hall–Kier alpha value is -1.84. The van der Waals surface area contributed by atoms with E-state index >= 15 is 0 Å². The van der Waals surface area contributed by atoms with Gasteiger partial charge in [0, 0.05) is 18.1 Å². The molecule has 2 rings (SSSR count). The molecule has 4 heteroatoms. The standard InChI is InChI=1S/C10H10N2O2/c1-6-3-9-11-4-8(10(13)14)7(2)12(9)5-6/h3-5H,1-2H3,(H,13,14). The van der Waals surface area contributed by atoms with Gasteiger partial charge in [0.2, 0.25) is 0 Å². The number of aryl methyl sites for hydroxylation is 2. The van der Waals surface area contributed by atoms with Gasteiger partial charge in [-0.05, 0) is 25.5 Å². The monoisotopic (exact) mass is 190 g/mol. The van der Waals surface area contributed by atoms with Crippen molar-refractivity contribution in [2.24, 2.45) is 0 Å². The van der Waals surface area contributed by atoms with Crippen LogP contribution in [0.2, 0.25) is 0 Å². The molecule has 1 N–H and O–H groups in total. The third-order valence-electron chi connectivity index (χ3n) is 2.24. The normalized spacial score (nSPS) is 10.7. The van der Waals surface area contributed by atoms with Crippen LogP contribution in [-0.2, 0) is 0 Å². The summed E-state index contributed by atoms with van der Waals surface area (Å²) in [6, 6.07) is 1.92. The van der Waals surface area contributed by atoms with Gasteiger partial charge < -0.3 is 9.51 Å². The van der Waals surface area contributed by atoms with Crippen LogP contribution >= 0.6 is 0 Å². The van der Waals surface area contributed by atoms with Gasteiger partial charge in [0.05, 0.1) is 5.56 Å². The summed E-state index contributed by atoms with van der Waals surface area (Å²) in [5.41, 5.74) is 2.80. The second-order valence-electron chi connectivity index (χ2n) is 3.31. The molecule has 0 saturated carbocycles. The zero-order valence-electron chi connectivity index (χ0n) is 7.98. The summed E-state index contributed by atoms with van der Waals surface area (Å²) in [4.78, 5) is 14.9. The number of hydrogen-bond donors (Lipinski definition) is 1. The van der Waals surface area contributed by atoms with Crippen molar-refractivity contribution in [1.29, 1.82) is 0 Å². The molecule has 0 amide bonds. The molecule has 72 valence electrons. The van der Waals surface area contributed by atoms with Gasteiger partial charge in [0.1, 0.15) is 5.65 Å². The Morgan fingerprint density at radius 1 is 1.50 bits per heavy atom. The predicted molar refractivity (Wildman–Crippen MR) is 51.6 cm³/mol. The van der Waals surface area contributed by atoms with Crippen LogP contribution in [0.1, 0.15) is 21.6 Å². The van der Waals surface area contributed by atoms with E-state index in [2.05, 4.69) is 4.98 Å². The molecule has 4 nitrogen and oxygen atoms in total. The van der Waals surface area contributed by atoms with Gasteiger partial charge in [0.25, 0.3) is 0 Å². The summed E-state index contributed by atoms with van der Waals surface area (Å²) < 4.78 is 1.79. The van der Waals surface area contributed by atoms with Crippen LogP contribution in [0.3, 0.4) is 0 Å². The highest BCUT2D eigenvalue weighted by molar-refractivity contribution is 5.88. The van der Waals surface area contributed by atoms with Crippen LogP contribution in [0.15, 0.2) is 18.5 Å². The van der Waals surface area contributed by atoms with Crippen molar-refractivity contribution in [1.82, 2.24) is 9.38 Å². The van der Waals surface area contributed by atoms with Crippen molar-refractivity contribution in [2.45, 2.75) is 13.8 Å². The van der Waals surface area contributed by atoms with Crippen molar-refractivity contribution in [2.75, 3.05) is 0 Å². The zero-order chi connectivity index (χ0) is 10.3. The van der Waals surface area contributed by atoms with E-state index in [0.29, 0.717) is 5.69 Å². The minimum atomic E-state index is -0.941. The second-order valence-corrected chi connectivity index (χ2v) is 3.31. The molecule has 0 aliphatic heterocycles. The van der Waals surface area contributed by atoms with Gasteiger partial charge in [-0.15, -0.1) is 0 Å². The highest BCUT2D eigenvalue weighted by Crippen LogP contribution is 2.13. The van der Waals surface area contributed by atoms with Crippen LogP contribution in [0.4, 0.5) is 0 Å². The van der Waals surface area contributed by atoms with Crippen LogP contribution in [0.5, 0.6) is 0 Å². The third kappa shape index (κ3) is 1.16. The summed E-state index contributed by atoms with van der Waals surface area (Å²) in [5, 5.41) is 8.88. The first-order valence-corrected chi connectivity index (χ1v) is 4.27. The number of fused-ring (bicyclic) bond motifs is 1. The van der Waals surface area contributed by atoms with Crippen LogP contribution in [0, 0.1) is 13.8 Å². The van der Waals surface area contributed by atoms with Crippen molar-refractivity contribution in [3.63, 3.8) is 0 Å². The van der Waals surface area contributed by atoms with Crippen molar-refractivity contribution >= 4 is 11.6 Å². The number of nitrogens with zero attached hydrogens (tertiary/aromatic N) is 2. The van der Waals surface area contributed by atoms with Crippen LogP contribution < -0.4 is 0 Å². The van der Waals surface area contributed by atoms with Crippen molar-refractivity contribution in [3.05, 3.63) is 35.3 Å². The van der Waals surface area contributed by atoms with Crippen LogP contribution in [-0.4, -0.2) is 20.5 Å². The molecule has 0 fully saturated rings. The van der Waals surface area contributed by atoms with Gasteiger partial charge in [-0.2, -0.15) is 0 Å². The SMILES string of the molecule is Cc1cc2ncc(C(=O)O)c(C)n2c1. The Kier molecular flexibility index (Phi) is 1.77. The highest BCUT2D eigenvalue weighted by atomic mass is 16.4. The lowest BCUT2D eigenvalue weighted by Crippen LogP contribution is -2.05. The summed E-state index contributed by atoms with van der Waals surface area (Å²) in [5.74, 6) is -0.941. The maximum absolute atomic E-state index is 10.8. The second kappa shape index (κ2) is 2.83. The average Bonchev–Trinajstić information content (AvgIpc) is 2.46. The number of rotatable bonds is 1. The number of carbonyl (C=O) groups is 1. The Labute approximate surface area is 80.8 Å². The fourth-order valence-corrected chi connectivity index (χ4v) is 1.51. The maximum Gasteiger partial charge on any atom is 0.339 e. The van der Waals surface area contributed by atoms with E-state index in [1.807, 2.05) is 19.2 Å². The lowest BCUT2D eigenvalue weighted by Gasteiger charge is -2.03. The van der Waals surface area contributed by atoms with E-state index in [4.69, 9.17) is 5.11 Å². The fourth-order valence-electron chi connectivity index (χ4n) is 1.51. The Morgan fingerprint density at radius 2 is 2.21 bits per heavy atom. The minimum Gasteiger partial charge on any atom is -0.478 e. The smallest absolute Gasteiger partial charge is 0.339 e. The largest absolute Gasteiger partial charge is 0.478 e. The fraction of sp³-hybridized carbons (Fsp3) is 0.200. The van der Waals surface area contributed by atoms with Gasteiger partial charge in [-0.1, -0.05) is 0 Å². The molecule has 0 unspecified atom stereocenters. The number of carboxylic acid groups (broad SMARTS) is 1.